The molecule has 4 heteroatoms. The summed E-state index contributed by atoms with van der Waals surface area (Å²) in [6.07, 6.45) is 0. The molecule has 0 aliphatic heterocycles. The van der Waals surface area contributed by atoms with Crippen LogP contribution in [-0.4, -0.2) is 0 Å². The van der Waals surface area contributed by atoms with E-state index in [1.807, 2.05) is 24.3 Å². The molecule has 17 heavy (non-hydrogen) atoms. The summed E-state index contributed by atoms with van der Waals surface area (Å²) in [6.45, 7) is 0. The highest BCUT2D eigenvalue weighted by atomic mass is 79.9. The Hall–Kier alpha value is -1.06. The summed E-state index contributed by atoms with van der Waals surface area (Å²) < 4.78 is 19.0. The van der Waals surface area contributed by atoms with Crippen LogP contribution in [0.15, 0.2) is 46.9 Å². The molecule has 2 aromatic rings. The van der Waals surface area contributed by atoms with Gasteiger partial charge in [-0.25, -0.2) is 4.39 Å². The zero-order valence-corrected chi connectivity index (χ0v) is 11.1. The van der Waals surface area contributed by atoms with Crippen LogP contribution in [0.5, 0.6) is 11.5 Å². The summed E-state index contributed by atoms with van der Waals surface area (Å²) in [4.78, 5) is 0. The van der Waals surface area contributed by atoms with Gasteiger partial charge in [-0.15, -0.1) is 11.6 Å². The van der Waals surface area contributed by atoms with Crippen molar-refractivity contribution in [2.24, 2.45) is 0 Å². The molecule has 0 unspecified atom stereocenters. The van der Waals surface area contributed by atoms with Crippen molar-refractivity contribution < 1.29 is 9.13 Å². The summed E-state index contributed by atoms with van der Waals surface area (Å²) in [5, 5.41) is 0. The van der Waals surface area contributed by atoms with E-state index in [1.165, 1.54) is 6.07 Å². The molecular weight excluding hydrogens is 306 g/mol. The lowest BCUT2D eigenvalue weighted by molar-refractivity contribution is 0.479. The molecule has 0 aliphatic carbocycles. The van der Waals surface area contributed by atoms with Crippen LogP contribution in [0.2, 0.25) is 0 Å². The summed E-state index contributed by atoms with van der Waals surface area (Å²) in [5.41, 5.74) is 1.03. The molecule has 0 spiro atoms. The smallest absolute Gasteiger partial charge is 0.137 e. The third-order valence-corrected chi connectivity index (χ3v) is 3.12. The number of benzene rings is 2. The molecule has 1 nitrogen and oxygen atoms in total. The summed E-state index contributed by atoms with van der Waals surface area (Å²) in [7, 11) is 0. The van der Waals surface area contributed by atoms with E-state index in [0.29, 0.717) is 21.9 Å². The minimum absolute atomic E-state index is 0.310. The van der Waals surface area contributed by atoms with Crippen molar-refractivity contribution in [2.45, 2.75) is 5.88 Å². The lowest BCUT2D eigenvalue weighted by atomic mass is 10.2. The van der Waals surface area contributed by atoms with Gasteiger partial charge in [0, 0.05) is 5.88 Å². The van der Waals surface area contributed by atoms with Crippen molar-refractivity contribution in [3.63, 3.8) is 0 Å². The van der Waals surface area contributed by atoms with E-state index in [-0.39, 0.29) is 5.82 Å². The minimum atomic E-state index is -0.310. The quantitative estimate of drug-likeness (QED) is 0.714. The van der Waals surface area contributed by atoms with Gasteiger partial charge in [-0.05, 0) is 51.8 Å². The van der Waals surface area contributed by atoms with E-state index in [4.69, 9.17) is 16.3 Å². The average molecular weight is 316 g/mol. The maximum atomic E-state index is 13.0. The Morgan fingerprint density at radius 3 is 2.29 bits per heavy atom. The number of ether oxygens (including phenoxy) is 1. The van der Waals surface area contributed by atoms with Crippen molar-refractivity contribution in [1.29, 1.82) is 0 Å². The second-order valence-corrected chi connectivity index (χ2v) is 4.58. The third kappa shape index (κ3) is 3.20. The molecular formula is C13H9BrClFO. The highest BCUT2D eigenvalue weighted by Gasteiger charge is 2.02. The normalized spacial score (nSPS) is 10.3. The van der Waals surface area contributed by atoms with Crippen LogP contribution in [0.3, 0.4) is 0 Å². The molecule has 0 bridgehead atoms. The topological polar surface area (TPSA) is 9.23 Å². The average Bonchev–Trinajstić information content (AvgIpc) is 2.35. The molecule has 0 amide bonds. The molecule has 0 N–H and O–H groups in total. The van der Waals surface area contributed by atoms with Crippen LogP contribution in [0.1, 0.15) is 5.56 Å². The Balaban J connectivity index is 2.16. The van der Waals surface area contributed by atoms with E-state index in [9.17, 15) is 4.39 Å². The first kappa shape index (κ1) is 12.4. The van der Waals surface area contributed by atoms with Gasteiger partial charge in [0.25, 0.3) is 0 Å². The van der Waals surface area contributed by atoms with Crippen LogP contribution >= 0.6 is 27.5 Å². The second kappa shape index (κ2) is 5.52. The Kier molecular flexibility index (Phi) is 4.02. The van der Waals surface area contributed by atoms with Crippen molar-refractivity contribution in [3.05, 3.63) is 58.3 Å². The Morgan fingerprint density at radius 2 is 1.71 bits per heavy atom. The van der Waals surface area contributed by atoms with Crippen molar-refractivity contribution in [2.75, 3.05) is 0 Å². The number of hydrogen-bond acceptors (Lipinski definition) is 1. The largest absolute Gasteiger partial charge is 0.457 e. The fourth-order valence-electron chi connectivity index (χ4n) is 1.32. The lowest BCUT2D eigenvalue weighted by Gasteiger charge is -2.06. The molecule has 88 valence electrons. The minimum Gasteiger partial charge on any atom is -0.457 e. The maximum absolute atomic E-state index is 13.0. The molecule has 2 rings (SSSR count). The Morgan fingerprint density at radius 1 is 1.06 bits per heavy atom. The standard InChI is InChI=1S/C13H9BrClFO/c14-12-7-11(5-6-13(12)16)17-10-3-1-9(8-15)2-4-10/h1-7H,8H2. The van der Waals surface area contributed by atoms with Crippen LogP contribution in [0.4, 0.5) is 4.39 Å². The summed E-state index contributed by atoms with van der Waals surface area (Å²) >= 11 is 8.80. The number of hydrogen-bond donors (Lipinski definition) is 0. The van der Waals surface area contributed by atoms with Gasteiger partial charge in [0.1, 0.15) is 17.3 Å². The molecule has 0 aliphatic rings. The second-order valence-electron chi connectivity index (χ2n) is 3.46. The van der Waals surface area contributed by atoms with Gasteiger partial charge < -0.3 is 4.74 Å². The molecule has 0 aromatic heterocycles. The summed E-state index contributed by atoms with van der Waals surface area (Å²) in [6, 6.07) is 12.0. The van der Waals surface area contributed by atoms with Gasteiger partial charge in [-0.2, -0.15) is 0 Å². The van der Waals surface area contributed by atoms with Crippen LogP contribution in [0, 0.1) is 5.82 Å². The van der Waals surface area contributed by atoms with E-state index in [0.717, 1.165) is 5.56 Å². The molecule has 0 radical (unpaired) electrons. The highest BCUT2D eigenvalue weighted by Crippen LogP contribution is 2.26. The van der Waals surface area contributed by atoms with E-state index in [1.54, 1.807) is 12.1 Å². The predicted octanol–water partition coefficient (Wildman–Crippen LogP) is 5.12. The summed E-state index contributed by atoms with van der Waals surface area (Å²) in [5.74, 6) is 1.44. The molecule has 0 heterocycles. The van der Waals surface area contributed by atoms with Gasteiger partial charge in [0.05, 0.1) is 4.47 Å². The molecule has 0 saturated heterocycles. The Labute approximate surface area is 112 Å². The fourth-order valence-corrected chi connectivity index (χ4v) is 1.86. The van der Waals surface area contributed by atoms with Gasteiger partial charge in [-0.3, -0.25) is 0 Å². The van der Waals surface area contributed by atoms with Crippen LogP contribution in [-0.2, 0) is 5.88 Å². The van der Waals surface area contributed by atoms with Crippen LogP contribution in [0.25, 0.3) is 0 Å². The lowest BCUT2D eigenvalue weighted by Crippen LogP contribution is -1.86. The van der Waals surface area contributed by atoms with Gasteiger partial charge in [0.15, 0.2) is 0 Å². The van der Waals surface area contributed by atoms with Crippen molar-refractivity contribution in [3.8, 4) is 11.5 Å². The fraction of sp³-hybridized carbons (Fsp3) is 0.0769. The van der Waals surface area contributed by atoms with Crippen LogP contribution < -0.4 is 4.74 Å². The van der Waals surface area contributed by atoms with Gasteiger partial charge in [-0.1, -0.05) is 12.1 Å². The van der Waals surface area contributed by atoms with Gasteiger partial charge >= 0.3 is 0 Å². The zero-order valence-electron chi connectivity index (χ0n) is 8.79. The first-order valence-electron chi connectivity index (χ1n) is 4.97. The SMILES string of the molecule is Fc1ccc(Oc2ccc(CCl)cc2)cc1Br. The van der Waals surface area contributed by atoms with Crippen molar-refractivity contribution >= 4 is 27.5 Å². The highest BCUT2D eigenvalue weighted by molar-refractivity contribution is 9.10. The number of rotatable bonds is 3. The first-order chi connectivity index (χ1) is 8.19. The van der Waals surface area contributed by atoms with E-state index in [2.05, 4.69) is 15.9 Å². The number of alkyl halides is 1. The van der Waals surface area contributed by atoms with Crippen molar-refractivity contribution in [1.82, 2.24) is 0 Å². The van der Waals surface area contributed by atoms with Gasteiger partial charge in [0.2, 0.25) is 0 Å². The Bertz CT molecular complexity index is 513. The molecule has 0 saturated carbocycles. The van der Waals surface area contributed by atoms with E-state index < -0.39 is 0 Å². The monoisotopic (exact) mass is 314 g/mol. The number of halogens is 3. The molecule has 0 atom stereocenters. The molecule has 0 fully saturated rings. The third-order valence-electron chi connectivity index (χ3n) is 2.20. The maximum Gasteiger partial charge on any atom is 0.137 e. The molecule has 2 aromatic carbocycles. The predicted molar refractivity (Wildman–Crippen MR) is 70.2 cm³/mol. The van der Waals surface area contributed by atoms with E-state index >= 15 is 0 Å². The first-order valence-corrected chi connectivity index (χ1v) is 6.29. The zero-order chi connectivity index (χ0) is 12.3.